The molecule has 1 aliphatic rings. The molecule has 0 heterocycles. The molecule has 3 atom stereocenters. The minimum atomic E-state index is -4.63. The summed E-state index contributed by atoms with van der Waals surface area (Å²) in [5, 5.41) is 3.49. The quantitative estimate of drug-likeness (QED) is 0.884. The summed E-state index contributed by atoms with van der Waals surface area (Å²) in [6, 6.07) is 6.56. The van der Waals surface area contributed by atoms with Crippen molar-refractivity contribution in [3.63, 3.8) is 0 Å². The average Bonchev–Trinajstić information content (AvgIpc) is 2.40. The SMILES string of the molecule is CC1CCC(NCc2ccc(OC(F)(F)F)cc2)CC1C. The first-order valence-electron chi connectivity index (χ1n) is 7.41. The molecule has 0 radical (unpaired) electrons. The van der Waals surface area contributed by atoms with Crippen LogP contribution in [0.15, 0.2) is 24.3 Å². The van der Waals surface area contributed by atoms with Gasteiger partial charge in [0.2, 0.25) is 0 Å². The lowest BCUT2D eigenvalue weighted by molar-refractivity contribution is -0.274. The standard InChI is InChI=1S/C16H22F3NO/c1-11-3-6-14(9-12(11)2)20-10-13-4-7-15(8-5-13)21-16(17,18)19/h4-5,7-8,11-12,14,20H,3,6,9-10H2,1-2H3. The summed E-state index contributed by atoms with van der Waals surface area (Å²) in [7, 11) is 0. The molecule has 1 fully saturated rings. The number of rotatable bonds is 4. The molecule has 1 aromatic rings. The van der Waals surface area contributed by atoms with Crippen molar-refractivity contribution in [1.82, 2.24) is 5.32 Å². The molecule has 2 nitrogen and oxygen atoms in total. The Bertz CT molecular complexity index is 444. The minimum absolute atomic E-state index is 0.175. The first-order valence-corrected chi connectivity index (χ1v) is 7.41. The zero-order valence-electron chi connectivity index (χ0n) is 12.4. The highest BCUT2D eigenvalue weighted by Crippen LogP contribution is 2.29. The third-order valence-electron chi connectivity index (χ3n) is 4.35. The number of halogens is 3. The van der Waals surface area contributed by atoms with Crippen LogP contribution >= 0.6 is 0 Å². The first-order chi connectivity index (χ1) is 9.83. The van der Waals surface area contributed by atoms with E-state index in [1.807, 2.05) is 0 Å². The Kier molecular flexibility index (Phi) is 5.14. The lowest BCUT2D eigenvalue weighted by atomic mass is 9.79. The number of alkyl halides is 3. The van der Waals surface area contributed by atoms with Crippen molar-refractivity contribution >= 4 is 0 Å². The largest absolute Gasteiger partial charge is 0.573 e. The molecule has 0 aromatic heterocycles. The van der Waals surface area contributed by atoms with Crippen LogP contribution in [0.3, 0.4) is 0 Å². The fraction of sp³-hybridized carbons (Fsp3) is 0.625. The van der Waals surface area contributed by atoms with Gasteiger partial charge in [0.1, 0.15) is 5.75 Å². The monoisotopic (exact) mass is 301 g/mol. The van der Waals surface area contributed by atoms with Gasteiger partial charge in [0.05, 0.1) is 0 Å². The van der Waals surface area contributed by atoms with Gasteiger partial charge in [-0.15, -0.1) is 13.2 Å². The van der Waals surface area contributed by atoms with Crippen LogP contribution in [0.2, 0.25) is 0 Å². The summed E-state index contributed by atoms with van der Waals surface area (Å²) < 4.78 is 40.1. The topological polar surface area (TPSA) is 21.3 Å². The van der Waals surface area contributed by atoms with E-state index in [4.69, 9.17) is 0 Å². The van der Waals surface area contributed by atoms with Gasteiger partial charge in [-0.25, -0.2) is 0 Å². The van der Waals surface area contributed by atoms with E-state index >= 15 is 0 Å². The van der Waals surface area contributed by atoms with Crippen molar-refractivity contribution in [2.75, 3.05) is 0 Å². The van der Waals surface area contributed by atoms with Crippen LogP contribution in [0.25, 0.3) is 0 Å². The Balaban J connectivity index is 1.81. The lowest BCUT2D eigenvalue weighted by Crippen LogP contribution is -2.35. The van der Waals surface area contributed by atoms with Crippen LogP contribution in [-0.4, -0.2) is 12.4 Å². The number of hydrogen-bond acceptors (Lipinski definition) is 2. The van der Waals surface area contributed by atoms with Crippen molar-refractivity contribution in [1.29, 1.82) is 0 Å². The van der Waals surface area contributed by atoms with Gasteiger partial charge >= 0.3 is 6.36 Å². The fourth-order valence-corrected chi connectivity index (χ4v) is 2.80. The molecule has 0 bridgehead atoms. The lowest BCUT2D eigenvalue weighted by Gasteiger charge is -2.32. The Morgan fingerprint density at radius 2 is 1.76 bits per heavy atom. The van der Waals surface area contributed by atoms with Crippen LogP contribution < -0.4 is 10.1 Å². The molecule has 0 amide bonds. The van der Waals surface area contributed by atoms with Gasteiger partial charge in [-0.1, -0.05) is 26.0 Å². The molecule has 0 spiro atoms. The molecular formula is C16H22F3NO. The van der Waals surface area contributed by atoms with Gasteiger partial charge in [-0.05, 0) is 48.8 Å². The van der Waals surface area contributed by atoms with Gasteiger partial charge in [0, 0.05) is 12.6 Å². The van der Waals surface area contributed by atoms with E-state index in [0.29, 0.717) is 12.6 Å². The second-order valence-electron chi connectivity index (χ2n) is 6.04. The Hall–Kier alpha value is -1.23. The summed E-state index contributed by atoms with van der Waals surface area (Å²) in [4.78, 5) is 0. The summed E-state index contributed by atoms with van der Waals surface area (Å²) in [6.45, 7) is 5.25. The van der Waals surface area contributed by atoms with Gasteiger partial charge in [0.25, 0.3) is 0 Å². The second-order valence-corrected chi connectivity index (χ2v) is 6.04. The average molecular weight is 301 g/mol. The summed E-state index contributed by atoms with van der Waals surface area (Å²) in [5.41, 5.74) is 0.968. The highest BCUT2D eigenvalue weighted by Gasteiger charge is 2.31. The summed E-state index contributed by atoms with van der Waals surface area (Å²) in [5.74, 6) is 1.33. The first kappa shape index (κ1) is 16.1. The van der Waals surface area contributed by atoms with Crippen LogP contribution in [0, 0.1) is 11.8 Å². The third kappa shape index (κ3) is 5.23. The molecule has 1 N–H and O–H groups in total. The van der Waals surface area contributed by atoms with E-state index in [0.717, 1.165) is 23.8 Å². The van der Waals surface area contributed by atoms with Crippen molar-refractivity contribution in [2.24, 2.45) is 11.8 Å². The second kappa shape index (κ2) is 6.69. The maximum atomic E-state index is 12.1. The normalized spacial score (nSPS) is 26.6. The Morgan fingerprint density at radius 1 is 1.10 bits per heavy atom. The molecule has 3 unspecified atom stereocenters. The van der Waals surface area contributed by atoms with E-state index < -0.39 is 6.36 Å². The molecule has 21 heavy (non-hydrogen) atoms. The van der Waals surface area contributed by atoms with E-state index in [-0.39, 0.29) is 5.75 Å². The number of nitrogens with one attached hydrogen (secondary N) is 1. The smallest absolute Gasteiger partial charge is 0.406 e. The molecule has 2 rings (SSSR count). The number of hydrogen-bond donors (Lipinski definition) is 1. The van der Waals surface area contributed by atoms with Gasteiger partial charge < -0.3 is 10.1 Å². The number of benzene rings is 1. The molecular weight excluding hydrogens is 279 g/mol. The molecule has 118 valence electrons. The molecule has 1 aliphatic carbocycles. The molecule has 1 saturated carbocycles. The fourth-order valence-electron chi connectivity index (χ4n) is 2.80. The van der Waals surface area contributed by atoms with Crippen LogP contribution in [-0.2, 0) is 6.54 Å². The van der Waals surface area contributed by atoms with Crippen LogP contribution in [0.5, 0.6) is 5.75 Å². The Morgan fingerprint density at radius 3 is 2.33 bits per heavy atom. The summed E-state index contributed by atoms with van der Waals surface area (Å²) in [6.07, 6.45) is -1.07. The molecule has 0 aliphatic heterocycles. The van der Waals surface area contributed by atoms with Crippen molar-refractivity contribution in [3.05, 3.63) is 29.8 Å². The van der Waals surface area contributed by atoms with Crippen molar-refractivity contribution in [2.45, 2.75) is 52.1 Å². The van der Waals surface area contributed by atoms with Gasteiger partial charge in [-0.2, -0.15) is 0 Å². The maximum absolute atomic E-state index is 12.1. The molecule has 0 saturated heterocycles. The van der Waals surface area contributed by atoms with E-state index in [1.54, 1.807) is 12.1 Å². The van der Waals surface area contributed by atoms with Crippen molar-refractivity contribution < 1.29 is 17.9 Å². The van der Waals surface area contributed by atoms with E-state index in [1.165, 1.54) is 25.0 Å². The highest BCUT2D eigenvalue weighted by atomic mass is 19.4. The predicted molar refractivity (Wildman–Crippen MR) is 75.9 cm³/mol. The van der Waals surface area contributed by atoms with E-state index in [9.17, 15) is 13.2 Å². The van der Waals surface area contributed by atoms with Gasteiger partial charge in [-0.3, -0.25) is 0 Å². The minimum Gasteiger partial charge on any atom is -0.406 e. The highest BCUT2D eigenvalue weighted by molar-refractivity contribution is 5.27. The van der Waals surface area contributed by atoms with E-state index in [2.05, 4.69) is 23.9 Å². The maximum Gasteiger partial charge on any atom is 0.573 e. The predicted octanol–water partition coefficient (Wildman–Crippen LogP) is 4.50. The zero-order valence-corrected chi connectivity index (χ0v) is 12.4. The third-order valence-corrected chi connectivity index (χ3v) is 4.35. The summed E-state index contributed by atoms with van der Waals surface area (Å²) >= 11 is 0. The van der Waals surface area contributed by atoms with Crippen LogP contribution in [0.4, 0.5) is 13.2 Å². The molecule has 1 aromatic carbocycles. The number of ether oxygens (including phenoxy) is 1. The van der Waals surface area contributed by atoms with Gasteiger partial charge in [0.15, 0.2) is 0 Å². The van der Waals surface area contributed by atoms with Crippen LogP contribution in [0.1, 0.15) is 38.7 Å². The Labute approximate surface area is 123 Å². The zero-order chi connectivity index (χ0) is 15.5. The van der Waals surface area contributed by atoms with Crippen molar-refractivity contribution in [3.8, 4) is 5.75 Å². The molecule has 5 heteroatoms.